The fraction of sp³-hybridized carbons (Fsp3) is 0.750. The molecule has 1 heterocycles. The molecule has 9 heteroatoms. The molecule has 0 radical (unpaired) electrons. The Morgan fingerprint density at radius 2 is 1.85 bits per heavy atom. The maximum Gasteiger partial charge on any atom is 0.404 e. The van der Waals surface area contributed by atoms with Gasteiger partial charge in [0, 0.05) is 44.3 Å². The lowest BCUT2D eigenvalue weighted by atomic mass is 9.65. The van der Waals surface area contributed by atoms with Crippen molar-refractivity contribution in [2.75, 3.05) is 33.4 Å². The van der Waals surface area contributed by atoms with E-state index in [0.29, 0.717) is 37.1 Å². The van der Waals surface area contributed by atoms with E-state index in [4.69, 9.17) is 16.3 Å². The summed E-state index contributed by atoms with van der Waals surface area (Å²) in [7, 11) is 1.68. The van der Waals surface area contributed by atoms with Crippen LogP contribution >= 0.6 is 11.6 Å². The normalized spacial score (nSPS) is 21.5. The first-order valence-corrected chi connectivity index (χ1v) is 15.8. The predicted molar refractivity (Wildman–Crippen MR) is 163 cm³/mol. The average Bonchev–Trinajstić information content (AvgIpc) is 2.93. The number of hydrogen-bond acceptors (Lipinski definition) is 4. The number of hydrogen-bond donors (Lipinski definition) is 4. The van der Waals surface area contributed by atoms with E-state index in [1.54, 1.807) is 18.1 Å². The molecule has 2 aliphatic rings. The van der Waals surface area contributed by atoms with Gasteiger partial charge in [-0.1, -0.05) is 76.6 Å². The minimum Gasteiger partial charge on any atom is -0.465 e. The van der Waals surface area contributed by atoms with E-state index in [2.05, 4.69) is 31.4 Å². The summed E-state index contributed by atoms with van der Waals surface area (Å²) in [4.78, 5) is 27.1. The molecule has 1 aliphatic heterocycles. The van der Waals surface area contributed by atoms with Crippen LogP contribution in [0, 0.1) is 23.2 Å². The van der Waals surface area contributed by atoms with Crippen molar-refractivity contribution < 1.29 is 24.5 Å². The summed E-state index contributed by atoms with van der Waals surface area (Å²) < 4.78 is 5.22. The number of halogens is 1. The summed E-state index contributed by atoms with van der Waals surface area (Å²) in [6.45, 7) is 8.39. The molecule has 1 aliphatic carbocycles. The van der Waals surface area contributed by atoms with E-state index < -0.39 is 11.7 Å². The number of amides is 3. The maximum absolute atomic E-state index is 13.5. The molecule has 4 N–H and O–H groups in total. The summed E-state index contributed by atoms with van der Waals surface area (Å²) in [5, 5.41) is 28.2. The van der Waals surface area contributed by atoms with E-state index in [1.807, 2.05) is 18.2 Å². The Morgan fingerprint density at radius 3 is 2.49 bits per heavy atom. The van der Waals surface area contributed by atoms with Gasteiger partial charge in [0.1, 0.15) is 0 Å². The number of nitrogens with zero attached hydrogens (tertiary/aromatic N) is 1. The van der Waals surface area contributed by atoms with Crippen LogP contribution in [0.25, 0.3) is 0 Å². The number of methoxy groups -OCH3 is 1. The third-order valence-corrected chi connectivity index (χ3v) is 9.47. The van der Waals surface area contributed by atoms with Crippen molar-refractivity contribution in [1.82, 2.24) is 15.5 Å². The third-order valence-electron chi connectivity index (χ3n) is 9.24. The number of nitrogens with one attached hydrogen (secondary N) is 2. The zero-order valence-electron chi connectivity index (χ0n) is 25.5. The molecule has 0 bridgehead atoms. The number of ether oxygens (including phenoxy) is 1. The van der Waals surface area contributed by atoms with Gasteiger partial charge in [0.05, 0.1) is 11.6 Å². The number of piperidine rings is 1. The fourth-order valence-corrected chi connectivity index (χ4v) is 7.59. The highest BCUT2D eigenvalue weighted by Gasteiger charge is 2.42. The van der Waals surface area contributed by atoms with Crippen LogP contribution in [0.5, 0.6) is 0 Å². The van der Waals surface area contributed by atoms with Crippen LogP contribution < -0.4 is 10.6 Å². The molecule has 1 aromatic rings. The predicted octanol–water partition coefficient (Wildman–Crippen LogP) is 6.64. The van der Waals surface area contributed by atoms with E-state index >= 15 is 0 Å². The zero-order chi connectivity index (χ0) is 30.0. The Balaban J connectivity index is 1.73. The number of likely N-dealkylation sites (tertiary alicyclic amines) is 1. The second-order valence-electron chi connectivity index (χ2n) is 13.2. The van der Waals surface area contributed by atoms with Crippen molar-refractivity contribution >= 4 is 23.7 Å². The van der Waals surface area contributed by atoms with Crippen molar-refractivity contribution in [2.45, 2.75) is 96.6 Å². The van der Waals surface area contributed by atoms with E-state index in [-0.39, 0.29) is 35.9 Å². The Hall–Kier alpha value is -2.03. The fourth-order valence-electron chi connectivity index (χ4n) is 7.40. The lowest BCUT2D eigenvalue weighted by Gasteiger charge is -2.44. The smallest absolute Gasteiger partial charge is 0.404 e. The number of benzene rings is 1. The molecule has 2 fully saturated rings. The highest BCUT2D eigenvalue weighted by atomic mass is 35.5. The van der Waals surface area contributed by atoms with Crippen molar-refractivity contribution in [3.05, 3.63) is 34.9 Å². The summed E-state index contributed by atoms with van der Waals surface area (Å²) in [6, 6.07) is 6.81. The minimum atomic E-state index is -1.12. The SMILES string of the molecule is COCCCC[C@@](O)(c1cccc(Cl)c1)[C@@H]1CCCN(C(=O)NCC(NC(=O)O)[C@@H](C2CCCCC2)C(C)(C)C)C1. The van der Waals surface area contributed by atoms with E-state index in [0.717, 1.165) is 44.1 Å². The number of aliphatic hydroxyl groups is 1. The van der Waals surface area contributed by atoms with Crippen LogP contribution in [0.2, 0.25) is 5.02 Å². The van der Waals surface area contributed by atoms with Crippen LogP contribution in [0.15, 0.2) is 24.3 Å². The molecule has 41 heavy (non-hydrogen) atoms. The first-order valence-electron chi connectivity index (χ1n) is 15.4. The van der Waals surface area contributed by atoms with E-state index in [9.17, 15) is 19.8 Å². The molecule has 232 valence electrons. The van der Waals surface area contributed by atoms with Crippen molar-refractivity contribution in [1.29, 1.82) is 0 Å². The summed E-state index contributed by atoms with van der Waals surface area (Å²) >= 11 is 6.32. The minimum absolute atomic E-state index is 0.105. The Labute approximate surface area is 251 Å². The maximum atomic E-state index is 13.5. The first-order chi connectivity index (χ1) is 19.5. The van der Waals surface area contributed by atoms with Crippen LogP contribution in [0.4, 0.5) is 9.59 Å². The van der Waals surface area contributed by atoms with Gasteiger partial charge in [-0.05, 0) is 67.1 Å². The summed E-state index contributed by atoms with van der Waals surface area (Å²) in [6.07, 6.45) is 8.44. The average molecular weight is 594 g/mol. The van der Waals surface area contributed by atoms with Crippen LogP contribution in [0.1, 0.15) is 90.5 Å². The molecule has 8 nitrogen and oxygen atoms in total. The van der Waals surface area contributed by atoms with Gasteiger partial charge in [-0.25, -0.2) is 9.59 Å². The van der Waals surface area contributed by atoms with Gasteiger partial charge in [0.15, 0.2) is 0 Å². The van der Waals surface area contributed by atoms with Crippen LogP contribution in [0.3, 0.4) is 0 Å². The number of unbranched alkanes of at least 4 members (excludes halogenated alkanes) is 1. The number of carboxylic acid groups (broad SMARTS) is 1. The number of urea groups is 1. The van der Waals surface area contributed by atoms with Gasteiger partial charge >= 0.3 is 12.1 Å². The lowest BCUT2D eigenvalue weighted by molar-refractivity contribution is -0.0563. The molecule has 1 aromatic carbocycles. The largest absolute Gasteiger partial charge is 0.465 e. The molecule has 0 aromatic heterocycles. The molecule has 1 unspecified atom stereocenters. The van der Waals surface area contributed by atoms with E-state index in [1.165, 1.54) is 19.3 Å². The Bertz CT molecular complexity index is 980. The highest BCUT2D eigenvalue weighted by molar-refractivity contribution is 6.30. The number of rotatable bonds is 12. The van der Waals surface area contributed by atoms with Gasteiger partial charge in [-0.15, -0.1) is 0 Å². The molecule has 0 spiro atoms. The molecule has 3 amide bonds. The van der Waals surface area contributed by atoms with Crippen molar-refractivity contribution in [3.8, 4) is 0 Å². The van der Waals surface area contributed by atoms with Crippen molar-refractivity contribution in [3.63, 3.8) is 0 Å². The van der Waals surface area contributed by atoms with Crippen LogP contribution in [-0.2, 0) is 10.3 Å². The van der Waals surface area contributed by atoms with Gasteiger partial charge in [0.25, 0.3) is 0 Å². The monoisotopic (exact) mass is 593 g/mol. The lowest BCUT2D eigenvalue weighted by Crippen LogP contribution is -2.56. The topological polar surface area (TPSA) is 111 Å². The molecule has 1 saturated carbocycles. The van der Waals surface area contributed by atoms with Gasteiger partial charge in [-0.2, -0.15) is 0 Å². The number of carbonyl (C=O) groups is 2. The molecule has 4 atom stereocenters. The molecular weight excluding hydrogens is 542 g/mol. The summed E-state index contributed by atoms with van der Waals surface area (Å²) in [5.74, 6) is 0.372. The van der Waals surface area contributed by atoms with Gasteiger partial charge in [-0.3, -0.25) is 0 Å². The van der Waals surface area contributed by atoms with Gasteiger partial charge in [0.2, 0.25) is 0 Å². The Kier molecular flexibility index (Phi) is 12.6. The molecule has 3 rings (SSSR count). The van der Waals surface area contributed by atoms with Crippen molar-refractivity contribution in [2.24, 2.45) is 23.2 Å². The standard InChI is InChI=1S/C32H52ClN3O5/c1-31(2,3)28(23-12-6-5-7-13-23)27(35-30(38)39)21-34-29(37)36-18-11-15-25(22-36)32(40,17-8-9-19-41-4)24-14-10-16-26(33)20-24/h10,14,16,20,23,25,27-28,35,40H,5-9,11-13,15,17-19,21-22H2,1-4H3,(H,34,37)(H,38,39)/t25-,27?,28-,32-/m1/s1. The quantitative estimate of drug-likeness (QED) is 0.203. The second kappa shape index (κ2) is 15.4. The molecule has 1 saturated heterocycles. The number of carbonyl (C=O) groups excluding carboxylic acids is 1. The third kappa shape index (κ3) is 9.48. The Morgan fingerprint density at radius 1 is 1.12 bits per heavy atom. The zero-order valence-corrected chi connectivity index (χ0v) is 26.2. The highest BCUT2D eigenvalue weighted by Crippen LogP contribution is 2.42. The van der Waals surface area contributed by atoms with Crippen LogP contribution in [-0.4, -0.2) is 66.6 Å². The molecular formula is C32H52ClN3O5. The second-order valence-corrected chi connectivity index (χ2v) is 13.6. The first kappa shape index (κ1) is 33.5. The van der Waals surface area contributed by atoms with Gasteiger partial charge < -0.3 is 30.5 Å². The summed E-state index contributed by atoms with van der Waals surface area (Å²) in [5.41, 5.74) is -0.462.